The Balaban J connectivity index is 2.17. The first-order chi connectivity index (χ1) is 13.6. The number of nitrogens with zero attached hydrogens (tertiary/aromatic N) is 1. The third-order valence-corrected chi connectivity index (χ3v) is 5.79. The van der Waals surface area contributed by atoms with Crippen molar-refractivity contribution in [2.24, 2.45) is 0 Å². The Hall–Kier alpha value is -2.38. The molecule has 0 radical (unpaired) electrons. The topological polar surface area (TPSA) is 37.8 Å². The second kappa shape index (κ2) is 6.85. The molecule has 1 aromatic carbocycles. The van der Waals surface area contributed by atoms with E-state index >= 15 is 0 Å². The predicted octanol–water partition coefficient (Wildman–Crippen LogP) is 6.11. The molecule has 3 aromatic rings. The van der Waals surface area contributed by atoms with Gasteiger partial charge in [-0.15, -0.1) is 0 Å². The summed E-state index contributed by atoms with van der Waals surface area (Å²) in [5, 5.41) is 1.31. The Kier molecular flexibility index (Phi) is 4.70. The largest absolute Gasteiger partial charge is 0.406 e. The molecule has 2 aromatic heterocycles. The third-order valence-electron chi connectivity index (χ3n) is 5.10. The zero-order chi connectivity index (χ0) is 21.1. The Labute approximate surface area is 174 Å². The van der Waals surface area contributed by atoms with E-state index in [0.717, 1.165) is 5.57 Å². The minimum atomic E-state index is -4.42. The predicted molar refractivity (Wildman–Crippen MR) is 115 cm³/mol. The molecule has 0 spiro atoms. The molecule has 0 aliphatic heterocycles. The average molecular weight is 437 g/mol. The number of nitrogens with one attached hydrogen (secondary N) is 1. The van der Waals surface area contributed by atoms with Crippen LogP contribution in [0.25, 0.3) is 27.4 Å². The van der Waals surface area contributed by atoms with Crippen molar-refractivity contribution in [3.05, 3.63) is 62.6 Å². The zero-order valence-corrected chi connectivity index (χ0v) is 17.1. The van der Waals surface area contributed by atoms with Crippen molar-refractivity contribution in [3.8, 4) is 0 Å². The van der Waals surface area contributed by atoms with Gasteiger partial charge in [0.05, 0.1) is 16.2 Å². The van der Waals surface area contributed by atoms with E-state index in [1.807, 2.05) is 19.1 Å². The van der Waals surface area contributed by atoms with Gasteiger partial charge in [0.25, 0.3) is 0 Å². The first-order valence-corrected chi connectivity index (χ1v) is 9.68. The summed E-state index contributed by atoms with van der Waals surface area (Å²) in [6, 6.07) is 4.40. The summed E-state index contributed by atoms with van der Waals surface area (Å²) >= 11 is 11.8. The summed E-state index contributed by atoms with van der Waals surface area (Å²) < 4.78 is 41.7. The van der Waals surface area contributed by atoms with Gasteiger partial charge in [0, 0.05) is 39.2 Å². The van der Waals surface area contributed by atoms with Crippen LogP contribution in [0.4, 0.5) is 13.2 Å². The van der Waals surface area contributed by atoms with Gasteiger partial charge in [-0.2, -0.15) is 13.2 Å². The molecule has 0 fully saturated rings. The van der Waals surface area contributed by atoms with Crippen LogP contribution in [0, 0.1) is 6.92 Å². The normalized spacial score (nSPS) is 15.2. The number of hydrogen-bond donors (Lipinski definition) is 1. The van der Waals surface area contributed by atoms with E-state index in [9.17, 15) is 18.0 Å². The van der Waals surface area contributed by atoms with E-state index in [2.05, 4.69) is 4.98 Å². The molecular weight excluding hydrogens is 421 g/mol. The fourth-order valence-corrected chi connectivity index (χ4v) is 4.50. The van der Waals surface area contributed by atoms with Gasteiger partial charge < -0.3 is 9.55 Å². The maximum absolute atomic E-state index is 13.5. The van der Waals surface area contributed by atoms with E-state index in [-0.39, 0.29) is 10.6 Å². The number of fused-ring (bicyclic) bond motifs is 3. The SMILES string of the molecule is CC1=CCC(=S)C(c2c(C)c3c4c(Cl)cc(=O)[nH]c4ccc3n2CC(F)(F)F)=C1. The number of thiocarbonyl (C=S) groups is 1. The number of benzene rings is 1. The van der Waals surface area contributed by atoms with Crippen LogP contribution >= 0.6 is 23.8 Å². The molecule has 0 atom stereocenters. The molecule has 150 valence electrons. The molecule has 0 bridgehead atoms. The van der Waals surface area contributed by atoms with Crippen molar-refractivity contribution in [1.82, 2.24) is 9.55 Å². The van der Waals surface area contributed by atoms with Gasteiger partial charge in [0.1, 0.15) is 6.54 Å². The van der Waals surface area contributed by atoms with Crippen LogP contribution in [-0.2, 0) is 6.54 Å². The molecule has 0 saturated heterocycles. The maximum atomic E-state index is 13.5. The van der Waals surface area contributed by atoms with Crippen molar-refractivity contribution in [3.63, 3.8) is 0 Å². The lowest BCUT2D eigenvalue weighted by Gasteiger charge is -2.19. The van der Waals surface area contributed by atoms with Crippen LogP contribution in [0.5, 0.6) is 0 Å². The monoisotopic (exact) mass is 436 g/mol. The van der Waals surface area contributed by atoms with Crippen molar-refractivity contribution in [2.75, 3.05) is 0 Å². The molecule has 0 saturated carbocycles. The number of aromatic nitrogens is 2. The lowest BCUT2D eigenvalue weighted by molar-refractivity contribution is -0.140. The van der Waals surface area contributed by atoms with E-state index in [1.165, 1.54) is 10.6 Å². The molecule has 8 heteroatoms. The molecular formula is C21H16ClF3N2OS. The van der Waals surface area contributed by atoms with Gasteiger partial charge in [-0.1, -0.05) is 35.5 Å². The quantitative estimate of drug-likeness (QED) is 0.492. The minimum Gasteiger partial charge on any atom is -0.331 e. The fourth-order valence-electron chi connectivity index (χ4n) is 3.97. The van der Waals surface area contributed by atoms with Crippen LogP contribution < -0.4 is 5.56 Å². The number of alkyl halides is 3. The third kappa shape index (κ3) is 3.42. The maximum Gasteiger partial charge on any atom is 0.406 e. The van der Waals surface area contributed by atoms with E-state index in [1.54, 1.807) is 19.1 Å². The molecule has 4 rings (SSSR count). The van der Waals surface area contributed by atoms with Gasteiger partial charge in [-0.05, 0) is 37.6 Å². The van der Waals surface area contributed by atoms with Crippen molar-refractivity contribution >= 4 is 56.1 Å². The molecule has 1 aliphatic carbocycles. The second-order valence-electron chi connectivity index (χ2n) is 7.17. The number of rotatable bonds is 2. The highest BCUT2D eigenvalue weighted by Crippen LogP contribution is 2.40. The molecule has 0 unspecified atom stereocenters. The Morgan fingerprint density at radius 3 is 2.66 bits per heavy atom. The summed E-state index contributed by atoms with van der Waals surface area (Å²) in [4.78, 5) is 15.1. The Morgan fingerprint density at radius 2 is 1.97 bits per heavy atom. The standard InChI is InChI=1S/C21H16ClF3N2OS/c1-10-3-6-16(29)12(7-10)20-11(2)18-15(27(20)9-21(23,24)25)5-4-14-19(18)13(22)8-17(28)26-14/h3-5,7-8H,6,9H2,1-2H3,(H,26,28). The number of pyridine rings is 1. The lowest BCUT2D eigenvalue weighted by atomic mass is 9.94. The fraction of sp³-hybridized carbons (Fsp3) is 0.238. The van der Waals surface area contributed by atoms with Crippen LogP contribution in [0.1, 0.15) is 24.6 Å². The van der Waals surface area contributed by atoms with Crippen LogP contribution in [-0.4, -0.2) is 20.6 Å². The van der Waals surface area contributed by atoms with Crippen LogP contribution in [0.2, 0.25) is 5.02 Å². The average Bonchev–Trinajstić information content (AvgIpc) is 2.87. The summed E-state index contributed by atoms with van der Waals surface area (Å²) in [5.74, 6) is 0. The molecule has 1 aliphatic rings. The summed E-state index contributed by atoms with van der Waals surface area (Å²) in [7, 11) is 0. The zero-order valence-electron chi connectivity index (χ0n) is 15.6. The van der Waals surface area contributed by atoms with E-state index in [0.29, 0.717) is 49.9 Å². The highest BCUT2D eigenvalue weighted by atomic mass is 35.5. The number of halogens is 4. The van der Waals surface area contributed by atoms with Gasteiger partial charge >= 0.3 is 6.18 Å². The van der Waals surface area contributed by atoms with Gasteiger partial charge in [-0.25, -0.2) is 0 Å². The molecule has 2 heterocycles. The van der Waals surface area contributed by atoms with Crippen molar-refractivity contribution < 1.29 is 13.2 Å². The molecule has 3 nitrogen and oxygen atoms in total. The second-order valence-corrected chi connectivity index (χ2v) is 8.07. The van der Waals surface area contributed by atoms with Crippen molar-refractivity contribution in [2.45, 2.75) is 33.0 Å². The van der Waals surface area contributed by atoms with Crippen LogP contribution in [0.15, 0.2) is 40.7 Å². The number of aryl methyl sites for hydroxylation is 1. The Bertz CT molecular complexity index is 1310. The summed E-state index contributed by atoms with van der Waals surface area (Å²) in [6.45, 7) is 2.51. The van der Waals surface area contributed by atoms with Gasteiger partial charge in [-0.3, -0.25) is 4.79 Å². The first kappa shape index (κ1) is 19.9. The number of allylic oxidation sites excluding steroid dienone is 4. The van der Waals surface area contributed by atoms with E-state index in [4.69, 9.17) is 23.8 Å². The smallest absolute Gasteiger partial charge is 0.331 e. The number of hydrogen-bond acceptors (Lipinski definition) is 2. The first-order valence-electron chi connectivity index (χ1n) is 8.90. The summed E-state index contributed by atoms with van der Waals surface area (Å²) in [5.41, 5.74) is 3.15. The minimum absolute atomic E-state index is 0.199. The summed E-state index contributed by atoms with van der Waals surface area (Å²) in [6.07, 6.45) is -0.131. The van der Waals surface area contributed by atoms with Crippen molar-refractivity contribution in [1.29, 1.82) is 0 Å². The lowest BCUT2D eigenvalue weighted by Crippen LogP contribution is -2.20. The van der Waals surface area contributed by atoms with Gasteiger partial charge in [0.15, 0.2) is 0 Å². The Morgan fingerprint density at radius 1 is 1.24 bits per heavy atom. The van der Waals surface area contributed by atoms with Gasteiger partial charge in [0.2, 0.25) is 5.56 Å². The van der Waals surface area contributed by atoms with Crippen LogP contribution in [0.3, 0.4) is 0 Å². The molecule has 1 N–H and O–H groups in total. The number of H-pyrrole nitrogens is 1. The number of aromatic amines is 1. The van der Waals surface area contributed by atoms with E-state index < -0.39 is 12.7 Å². The molecule has 29 heavy (non-hydrogen) atoms. The molecule has 0 amide bonds. The highest BCUT2D eigenvalue weighted by Gasteiger charge is 2.32. The highest BCUT2D eigenvalue weighted by molar-refractivity contribution is 7.81.